The molecule has 0 heterocycles. The van der Waals surface area contributed by atoms with E-state index < -0.39 is 0 Å². The van der Waals surface area contributed by atoms with Gasteiger partial charge in [0.1, 0.15) is 5.75 Å². The second-order valence-electron chi connectivity index (χ2n) is 7.85. The Bertz CT molecular complexity index is 547. The average molecular weight is 353 g/mol. The Morgan fingerprint density at radius 3 is 2.21 bits per heavy atom. The smallest absolute Gasteiger partial charge is 0.221 e. The molecular formula is C21H33ClO2. The molecule has 0 radical (unpaired) electrons. The Labute approximate surface area is 152 Å². The zero-order chi connectivity index (χ0) is 18.4. The summed E-state index contributed by atoms with van der Waals surface area (Å²) in [6.45, 7) is 14.2. The highest BCUT2D eigenvalue weighted by Gasteiger charge is 2.26. The summed E-state index contributed by atoms with van der Waals surface area (Å²) in [7, 11) is 0. The number of halogens is 1. The summed E-state index contributed by atoms with van der Waals surface area (Å²) < 4.78 is 6.05. The molecule has 0 unspecified atom stereocenters. The molecular weight excluding hydrogens is 320 g/mol. The summed E-state index contributed by atoms with van der Waals surface area (Å²) in [5.41, 5.74) is 2.87. The van der Waals surface area contributed by atoms with Crippen LogP contribution < -0.4 is 4.74 Å². The third-order valence-electron chi connectivity index (χ3n) is 5.28. The minimum Gasteiger partial charge on any atom is -0.493 e. The molecule has 0 saturated heterocycles. The van der Waals surface area contributed by atoms with Crippen molar-refractivity contribution in [2.45, 2.75) is 84.5 Å². The fourth-order valence-electron chi connectivity index (χ4n) is 2.55. The summed E-state index contributed by atoms with van der Waals surface area (Å²) in [6.07, 6.45) is 4.19. The zero-order valence-electron chi connectivity index (χ0n) is 16.2. The molecule has 0 atom stereocenters. The lowest BCUT2D eigenvalue weighted by Crippen LogP contribution is -2.21. The van der Waals surface area contributed by atoms with Crippen molar-refractivity contribution in [1.29, 1.82) is 0 Å². The first-order valence-corrected chi connectivity index (χ1v) is 9.48. The van der Waals surface area contributed by atoms with Crippen LogP contribution in [0.15, 0.2) is 18.2 Å². The van der Waals surface area contributed by atoms with Gasteiger partial charge in [-0.05, 0) is 59.7 Å². The van der Waals surface area contributed by atoms with Crippen LogP contribution in [0.3, 0.4) is 0 Å². The van der Waals surface area contributed by atoms with Gasteiger partial charge in [-0.3, -0.25) is 4.79 Å². The first-order valence-electron chi connectivity index (χ1n) is 9.10. The second-order valence-corrected chi connectivity index (χ2v) is 8.27. The van der Waals surface area contributed by atoms with E-state index in [0.717, 1.165) is 31.4 Å². The largest absolute Gasteiger partial charge is 0.493 e. The average Bonchev–Trinajstić information content (AvgIpc) is 2.54. The molecule has 136 valence electrons. The maximum absolute atomic E-state index is 10.8. The van der Waals surface area contributed by atoms with Gasteiger partial charge < -0.3 is 4.74 Å². The molecule has 3 heteroatoms. The highest BCUT2D eigenvalue weighted by Crippen LogP contribution is 2.38. The topological polar surface area (TPSA) is 26.3 Å². The molecule has 0 aliphatic carbocycles. The van der Waals surface area contributed by atoms with Crippen LogP contribution in [-0.4, -0.2) is 11.8 Å². The van der Waals surface area contributed by atoms with E-state index >= 15 is 0 Å². The predicted molar refractivity (Wildman–Crippen MR) is 103 cm³/mol. The molecule has 0 aliphatic heterocycles. The minimum absolute atomic E-state index is 0.0707. The van der Waals surface area contributed by atoms with Crippen molar-refractivity contribution >= 4 is 16.8 Å². The van der Waals surface area contributed by atoms with Crippen LogP contribution in [0.1, 0.15) is 84.8 Å². The number of benzene rings is 1. The highest BCUT2D eigenvalue weighted by molar-refractivity contribution is 6.63. The van der Waals surface area contributed by atoms with Crippen LogP contribution in [-0.2, 0) is 15.6 Å². The number of hydrogen-bond donors (Lipinski definition) is 0. The first-order chi connectivity index (χ1) is 11.1. The van der Waals surface area contributed by atoms with Gasteiger partial charge in [-0.25, -0.2) is 0 Å². The third kappa shape index (κ3) is 5.81. The molecule has 0 saturated carbocycles. The third-order valence-corrected chi connectivity index (χ3v) is 5.47. The summed E-state index contributed by atoms with van der Waals surface area (Å²) in [5, 5.41) is -0.269. The molecule has 0 aromatic heterocycles. The van der Waals surface area contributed by atoms with Crippen molar-refractivity contribution in [3.63, 3.8) is 0 Å². The predicted octanol–water partition coefficient (Wildman–Crippen LogP) is 6.38. The maximum Gasteiger partial charge on any atom is 0.221 e. The van der Waals surface area contributed by atoms with Gasteiger partial charge in [-0.15, -0.1) is 0 Å². The van der Waals surface area contributed by atoms with E-state index in [0.29, 0.717) is 13.0 Å². The van der Waals surface area contributed by atoms with Crippen LogP contribution in [0.25, 0.3) is 0 Å². The molecule has 0 amide bonds. The van der Waals surface area contributed by atoms with Crippen molar-refractivity contribution in [3.8, 4) is 5.75 Å². The first kappa shape index (κ1) is 21.0. The van der Waals surface area contributed by atoms with Crippen molar-refractivity contribution in [1.82, 2.24) is 0 Å². The molecule has 1 aromatic rings. The number of carbonyl (C=O) groups is 1. The summed E-state index contributed by atoms with van der Waals surface area (Å²) in [4.78, 5) is 10.8. The lowest BCUT2D eigenvalue weighted by atomic mass is 9.76. The standard InChI is InChI=1S/C21H33ClO2/c1-7-20(3,4)16-12-13-18(17(15-16)21(5,6)8-2)24-14-10-9-11-19(22)23/h12-13,15H,7-11,14H2,1-6H3. The van der Waals surface area contributed by atoms with Gasteiger partial charge in [-0.2, -0.15) is 0 Å². The van der Waals surface area contributed by atoms with Gasteiger partial charge in [-0.1, -0.05) is 53.7 Å². The van der Waals surface area contributed by atoms with Gasteiger partial charge in [0.2, 0.25) is 5.24 Å². The number of unbranched alkanes of at least 4 members (excludes halogenated alkanes) is 1. The SMILES string of the molecule is CCC(C)(C)c1ccc(OCCCCC(=O)Cl)c(C(C)(C)CC)c1. The lowest BCUT2D eigenvalue weighted by molar-refractivity contribution is -0.111. The molecule has 2 nitrogen and oxygen atoms in total. The Morgan fingerprint density at radius 2 is 1.67 bits per heavy atom. The molecule has 0 bridgehead atoms. The number of hydrogen-bond acceptors (Lipinski definition) is 2. The molecule has 0 aliphatic rings. The lowest BCUT2D eigenvalue weighted by Gasteiger charge is -2.30. The van der Waals surface area contributed by atoms with Crippen molar-refractivity contribution in [2.75, 3.05) is 6.61 Å². The van der Waals surface area contributed by atoms with E-state index in [-0.39, 0.29) is 16.1 Å². The van der Waals surface area contributed by atoms with Crippen molar-refractivity contribution in [2.24, 2.45) is 0 Å². The van der Waals surface area contributed by atoms with E-state index in [4.69, 9.17) is 16.3 Å². The summed E-state index contributed by atoms with van der Waals surface area (Å²) in [6, 6.07) is 6.63. The van der Waals surface area contributed by atoms with Crippen LogP contribution in [0.5, 0.6) is 5.75 Å². The Balaban J connectivity index is 2.96. The molecule has 0 N–H and O–H groups in total. The number of carbonyl (C=O) groups excluding carboxylic acids is 1. The van der Waals surface area contributed by atoms with E-state index in [1.165, 1.54) is 11.1 Å². The quantitative estimate of drug-likeness (QED) is 0.361. The second kappa shape index (κ2) is 8.89. The van der Waals surface area contributed by atoms with Crippen LogP contribution >= 0.6 is 11.6 Å². The molecule has 0 spiro atoms. The summed E-state index contributed by atoms with van der Waals surface area (Å²) >= 11 is 5.37. The van der Waals surface area contributed by atoms with Gasteiger partial charge in [0, 0.05) is 12.0 Å². The fourth-order valence-corrected chi connectivity index (χ4v) is 2.68. The Morgan fingerprint density at radius 1 is 1.04 bits per heavy atom. The van der Waals surface area contributed by atoms with E-state index in [2.05, 4.69) is 59.7 Å². The van der Waals surface area contributed by atoms with Gasteiger partial charge in [0.05, 0.1) is 6.61 Å². The maximum atomic E-state index is 10.8. The number of rotatable bonds is 10. The zero-order valence-corrected chi connectivity index (χ0v) is 16.9. The van der Waals surface area contributed by atoms with Crippen LogP contribution in [0.2, 0.25) is 0 Å². The monoisotopic (exact) mass is 352 g/mol. The van der Waals surface area contributed by atoms with Gasteiger partial charge >= 0.3 is 0 Å². The molecule has 1 rings (SSSR count). The Kier molecular flexibility index (Phi) is 7.79. The normalized spacial score (nSPS) is 12.3. The highest BCUT2D eigenvalue weighted by atomic mass is 35.5. The van der Waals surface area contributed by atoms with Crippen LogP contribution in [0, 0.1) is 0 Å². The van der Waals surface area contributed by atoms with Crippen LogP contribution in [0.4, 0.5) is 0 Å². The van der Waals surface area contributed by atoms with Gasteiger partial charge in [0.15, 0.2) is 0 Å². The van der Waals surface area contributed by atoms with E-state index in [9.17, 15) is 4.79 Å². The van der Waals surface area contributed by atoms with E-state index in [1.54, 1.807) is 0 Å². The molecule has 24 heavy (non-hydrogen) atoms. The molecule has 0 fully saturated rings. The van der Waals surface area contributed by atoms with Gasteiger partial charge in [0.25, 0.3) is 0 Å². The van der Waals surface area contributed by atoms with Crippen molar-refractivity contribution in [3.05, 3.63) is 29.3 Å². The Hall–Kier alpha value is -1.02. The summed E-state index contributed by atoms with van der Waals surface area (Å²) in [5.74, 6) is 0.967. The fraction of sp³-hybridized carbons (Fsp3) is 0.667. The minimum atomic E-state index is -0.269. The number of ether oxygens (including phenoxy) is 1. The van der Waals surface area contributed by atoms with Crippen molar-refractivity contribution < 1.29 is 9.53 Å². The van der Waals surface area contributed by atoms with E-state index in [1.807, 2.05) is 0 Å². The molecule has 1 aromatic carbocycles.